The van der Waals surface area contributed by atoms with Crippen LogP contribution in [0.15, 0.2) is 18.2 Å². The van der Waals surface area contributed by atoms with Crippen LogP contribution in [0.5, 0.6) is 0 Å². The highest BCUT2D eigenvalue weighted by atomic mass is 16.2. The first-order chi connectivity index (χ1) is 9.49. The minimum absolute atomic E-state index is 0.0814. The highest BCUT2D eigenvalue weighted by Gasteiger charge is 2.14. The lowest BCUT2D eigenvalue weighted by Gasteiger charge is -2.22. The summed E-state index contributed by atoms with van der Waals surface area (Å²) in [6.45, 7) is 6.44. The molecular weight excluding hydrogens is 252 g/mol. The van der Waals surface area contributed by atoms with Gasteiger partial charge in [0.2, 0.25) is 0 Å². The summed E-state index contributed by atoms with van der Waals surface area (Å²) < 4.78 is 0. The zero-order valence-electron chi connectivity index (χ0n) is 12.9. The van der Waals surface area contributed by atoms with Crippen LogP contribution in [-0.2, 0) is 0 Å². The van der Waals surface area contributed by atoms with Crippen LogP contribution in [-0.4, -0.2) is 49.4 Å². The van der Waals surface area contributed by atoms with Crippen LogP contribution >= 0.6 is 0 Å². The third-order valence-corrected chi connectivity index (χ3v) is 3.33. The SMILES string of the molecule is CCN(CCCN(C)C)C(=O)c1ccc(NN)c(C)c1. The van der Waals surface area contributed by atoms with Gasteiger partial charge in [-0.2, -0.15) is 0 Å². The number of hydrogen-bond donors (Lipinski definition) is 2. The minimum Gasteiger partial charge on any atom is -0.339 e. The van der Waals surface area contributed by atoms with Crippen LogP contribution in [0.2, 0.25) is 0 Å². The van der Waals surface area contributed by atoms with Gasteiger partial charge < -0.3 is 15.2 Å². The Bertz CT molecular complexity index is 445. The molecule has 0 spiro atoms. The van der Waals surface area contributed by atoms with E-state index in [1.807, 2.05) is 51.0 Å². The van der Waals surface area contributed by atoms with Crippen LogP contribution in [0.3, 0.4) is 0 Å². The number of rotatable bonds is 7. The number of hydrogen-bond acceptors (Lipinski definition) is 4. The van der Waals surface area contributed by atoms with E-state index in [1.54, 1.807) is 0 Å². The number of benzene rings is 1. The van der Waals surface area contributed by atoms with Crippen molar-refractivity contribution in [2.24, 2.45) is 5.84 Å². The van der Waals surface area contributed by atoms with Crippen molar-refractivity contribution in [3.63, 3.8) is 0 Å². The van der Waals surface area contributed by atoms with E-state index in [1.165, 1.54) is 0 Å². The van der Waals surface area contributed by atoms with Gasteiger partial charge in [0, 0.05) is 18.7 Å². The molecule has 5 nitrogen and oxygen atoms in total. The summed E-state index contributed by atoms with van der Waals surface area (Å²) in [6, 6.07) is 5.54. The molecule has 0 aromatic heterocycles. The van der Waals surface area contributed by atoms with E-state index >= 15 is 0 Å². The number of amides is 1. The predicted octanol–water partition coefficient (Wildman–Crippen LogP) is 1.69. The van der Waals surface area contributed by atoms with E-state index in [0.717, 1.165) is 37.3 Å². The molecule has 5 heteroatoms. The second-order valence-electron chi connectivity index (χ2n) is 5.22. The Labute approximate surface area is 121 Å². The Balaban J connectivity index is 2.72. The highest BCUT2D eigenvalue weighted by Crippen LogP contribution is 2.16. The lowest BCUT2D eigenvalue weighted by atomic mass is 10.1. The van der Waals surface area contributed by atoms with E-state index in [9.17, 15) is 4.79 Å². The number of nitrogens with two attached hydrogens (primary N) is 1. The molecule has 0 unspecified atom stereocenters. The summed E-state index contributed by atoms with van der Waals surface area (Å²) in [7, 11) is 4.08. The van der Waals surface area contributed by atoms with Gasteiger partial charge in [0.25, 0.3) is 5.91 Å². The second-order valence-corrected chi connectivity index (χ2v) is 5.22. The zero-order chi connectivity index (χ0) is 15.1. The molecule has 0 radical (unpaired) electrons. The Hall–Kier alpha value is -1.59. The molecule has 20 heavy (non-hydrogen) atoms. The Morgan fingerprint density at radius 3 is 2.50 bits per heavy atom. The van der Waals surface area contributed by atoms with Crippen molar-refractivity contribution in [1.82, 2.24) is 9.80 Å². The smallest absolute Gasteiger partial charge is 0.253 e. The fourth-order valence-corrected chi connectivity index (χ4v) is 2.12. The Kier molecular flexibility index (Phi) is 6.48. The van der Waals surface area contributed by atoms with Crippen LogP contribution < -0.4 is 11.3 Å². The van der Waals surface area contributed by atoms with Crippen LogP contribution in [0.1, 0.15) is 29.3 Å². The standard InChI is InChI=1S/C15H26N4O/c1-5-19(10-6-9-18(3)4)15(20)13-7-8-14(17-16)12(2)11-13/h7-8,11,17H,5-6,9-10,16H2,1-4H3. The highest BCUT2D eigenvalue weighted by molar-refractivity contribution is 5.94. The zero-order valence-corrected chi connectivity index (χ0v) is 12.9. The van der Waals surface area contributed by atoms with Crippen molar-refractivity contribution in [3.05, 3.63) is 29.3 Å². The maximum absolute atomic E-state index is 12.5. The number of nitrogens with one attached hydrogen (secondary N) is 1. The normalized spacial score (nSPS) is 10.7. The van der Waals surface area contributed by atoms with E-state index in [0.29, 0.717) is 5.56 Å². The summed E-state index contributed by atoms with van der Waals surface area (Å²) in [5.41, 5.74) is 5.16. The summed E-state index contributed by atoms with van der Waals surface area (Å²) in [6.07, 6.45) is 0.980. The van der Waals surface area contributed by atoms with Gasteiger partial charge in [0.1, 0.15) is 0 Å². The first-order valence-corrected chi connectivity index (χ1v) is 7.00. The van der Waals surface area contributed by atoms with E-state index in [4.69, 9.17) is 5.84 Å². The van der Waals surface area contributed by atoms with Crippen LogP contribution in [0.4, 0.5) is 5.69 Å². The van der Waals surface area contributed by atoms with Crippen molar-refractivity contribution in [2.75, 3.05) is 39.2 Å². The number of nitrogens with zero attached hydrogens (tertiary/aromatic N) is 2. The van der Waals surface area contributed by atoms with E-state index < -0.39 is 0 Å². The number of aryl methyl sites for hydroxylation is 1. The molecule has 0 saturated carbocycles. The number of carbonyl (C=O) groups excluding carboxylic acids is 1. The summed E-state index contributed by atoms with van der Waals surface area (Å²) in [5, 5.41) is 0. The topological polar surface area (TPSA) is 61.6 Å². The molecular formula is C15H26N4O. The molecule has 0 fully saturated rings. The van der Waals surface area contributed by atoms with Gasteiger partial charge in [0.05, 0.1) is 5.69 Å². The molecule has 0 bridgehead atoms. The number of carbonyl (C=O) groups is 1. The lowest BCUT2D eigenvalue weighted by molar-refractivity contribution is 0.0759. The van der Waals surface area contributed by atoms with Crippen molar-refractivity contribution >= 4 is 11.6 Å². The summed E-state index contributed by atoms with van der Waals surface area (Å²) in [5.74, 6) is 5.49. The molecule has 0 atom stereocenters. The fourth-order valence-electron chi connectivity index (χ4n) is 2.12. The molecule has 0 aliphatic carbocycles. The Morgan fingerprint density at radius 1 is 1.30 bits per heavy atom. The van der Waals surface area contributed by atoms with Crippen molar-refractivity contribution < 1.29 is 4.79 Å². The molecule has 0 aliphatic heterocycles. The molecule has 3 N–H and O–H groups in total. The van der Waals surface area contributed by atoms with Gasteiger partial charge in [-0.05, 0) is 64.7 Å². The fraction of sp³-hybridized carbons (Fsp3) is 0.533. The first kappa shape index (κ1) is 16.5. The van der Waals surface area contributed by atoms with Crippen LogP contribution in [0, 0.1) is 6.92 Å². The van der Waals surface area contributed by atoms with Gasteiger partial charge in [-0.15, -0.1) is 0 Å². The number of anilines is 1. The summed E-state index contributed by atoms with van der Waals surface area (Å²) >= 11 is 0. The minimum atomic E-state index is 0.0814. The molecule has 1 aromatic rings. The molecule has 1 amide bonds. The maximum Gasteiger partial charge on any atom is 0.253 e. The van der Waals surface area contributed by atoms with Gasteiger partial charge >= 0.3 is 0 Å². The predicted molar refractivity (Wildman–Crippen MR) is 83.7 cm³/mol. The molecule has 0 saturated heterocycles. The third kappa shape index (κ3) is 4.51. The summed E-state index contributed by atoms with van der Waals surface area (Å²) in [4.78, 5) is 16.5. The lowest BCUT2D eigenvalue weighted by Crippen LogP contribution is -2.33. The monoisotopic (exact) mass is 278 g/mol. The third-order valence-electron chi connectivity index (χ3n) is 3.33. The van der Waals surface area contributed by atoms with Gasteiger partial charge in [-0.3, -0.25) is 10.6 Å². The molecule has 1 rings (SSSR count). The van der Waals surface area contributed by atoms with Crippen molar-refractivity contribution in [1.29, 1.82) is 0 Å². The maximum atomic E-state index is 12.5. The van der Waals surface area contributed by atoms with Gasteiger partial charge in [0.15, 0.2) is 0 Å². The molecule has 0 heterocycles. The quantitative estimate of drug-likeness (QED) is 0.588. The molecule has 1 aromatic carbocycles. The average Bonchev–Trinajstić information content (AvgIpc) is 2.42. The largest absolute Gasteiger partial charge is 0.339 e. The second kappa shape index (κ2) is 7.87. The van der Waals surface area contributed by atoms with Crippen molar-refractivity contribution in [3.8, 4) is 0 Å². The average molecular weight is 278 g/mol. The van der Waals surface area contributed by atoms with E-state index in [-0.39, 0.29) is 5.91 Å². The van der Waals surface area contributed by atoms with Gasteiger partial charge in [-0.1, -0.05) is 0 Å². The molecule has 0 aliphatic rings. The van der Waals surface area contributed by atoms with Crippen LogP contribution in [0.25, 0.3) is 0 Å². The van der Waals surface area contributed by atoms with E-state index in [2.05, 4.69) is 10.3 Å². The number of nitrogen functional groups attached to an aromatic ring is 1. The molecule has 112 valence electrons. The Morgan fingerprint density at radius 2 is 2.00 bits per heavy atom. The van der Waals surface area contributed by atoms with Gasteiger partial charge in [-0.25, -0.2) is 0 Å². The first-order valence-electron chi connectivity index (χ1n) is 7.00. The van der Waals surface area contributed by atoms with Crippen molar-refractivity contribution in [2.45, 2.75) is 20.3 Å². The number of hydrazine groups is 1.